The molecule has 6 nitrogen and oxygen atoms in total. The van der Waals surface area contributed by atoms with Crippen molar-refractivity contribution in [2.24, 2.45) is 0 Å². The maximum atomic E-state index is 4.75. The quantitative estimate of drug-likeness (QED) is 0.709. The average molecular weight is 348 g/mol. The number of hydrogen-bond donors (Lipinski definition) is 0. The number of para-hydroxylation sites is 2. The van der Waals surface area contributed by atoms with Crippen molar-refractivity contribution in [3.05, 3.63) is 48.3 Å². The lowest BCUT2D eigenvalue weighted by Gasteiger charge is -2.35. The van der Waals surface area contributed by atoms with Crippen LogP contribution in [0, 0.1) is 0 Å². The molecule has 26 heavy (non-hydrogen) atoms. The number of hydrogen-bond acceptors (Lipinski definition) is 6. The van der Waals surface area contributed by atoms with Crippen molar-refractivity contribution >= 4 is 22.7 Å². The topological polar surface area (TPSA) is 58.0 Å². The van der Waals surface area contributed by atoms with Crippen LogP contribution in [-0.4, -0.2) is 46.3 Å². The van der Waals surface area contributed by atoms with Gasteiger partial charge in [0, 0.05) is 31.6 Å². The molecular weight excluding hydrogens is 324 g/mol. The normalized spacial score (nSPS) is 15.5. The summed E-state index contributed by atoms with van der Waals surface area (Å²) in [6.07, 6.45) is 1.87. The van der Waals surface area contributed by atoms with Gasteiger partial charge in [-0.2, -0.15) is 5.10 Å². The van der Waals surface area contributed by atoms with Gasteiger partial charge in [0.25, 0.3) is 0 Å². The third-order valence-corrected chi connectivity index (χ3v) is 4.78. The largest absolute Gasteiger partial charge is 0.352 e. The van der Waals surface area contributed by atoms with Crippen molar-refractivity contribution < 1.29 is 0 Å². The Hall–Kier alpha value is -2.76. The Labute approximate surface area is 153 Å². The minimum Gasteiger partial charge on any atom is -0.352 e. The second-order valence-corrected chi connectivity index (χ2v) is 7.72. The predicted octanol–water partition coefficient (Wildman–Crippen LogP) is 3.04. The zero-order valence-electron chi connectivity index (χ0n) is 15.6. The van der Waals surface area contributed by atoms with E-state index in [1.165, 1.54) is 0 Å². The number of piperazine rings is 1. The first-order valence-corrected chi connectivity index (χ1v) is 9.07. The number of benzene rings is 1. The summed E-state index contributed by atoms with van der Waals surface area (Å²) in [4.78, 5) is 13.8. The van der Waals surface area contributed by atoms with Crippen molar-refractivity contribution in [2.75, 3.05) is 36.0 Å². The molecular formula is C20H24N6. The third-order valence-electron chi connectivity index (χ3n) is 4.78. The van der Waals surface area contributed by atoms with E-state index in [2.05, 4.69) is 57.9 Å². The summed E-state index contributed by atoms with van der Waals surface area (Å²) in [7, 11) is 0. The zero-order chi connectivity index (χ0) is 18.1. The Balaban J connectivity index is 1.45. The Kier molecular flexibility index (Phi) is 4.18. The average Bonchev–Trinajstić information content (AvgIpc) is 2.67. The van der Waals surface area contributed by atoms with Crippen molar-refractivity contribution in [1.82, 2.24) is 20.2 Å². The second-order valence-electron chi connectivity index (χ2n) is 7.72. The molecule has 6 heteroatoms. The smallest absolute Gasteiger partial charge is 0.151 e. The molecule has 3 aromatic rings. The number of rotatable bonds is 2. The predicted molar refractivity (Wildman–Crippen MR) is 105 cm³/mol. The number of anilines is 2. The van der Waals surface area contributed by atoms with Crippen molar-refractivity contribution in [1.29, 1.82) is 0 Å². The number of nitrogens with zero attached hydrogens (tertiary/aromatic N) is 6. The summed E-state index contributed by atoms with van der Waals surface area (Å²) in [5, 5.41) is 8.85. The van der Waals surface area contributed by atoms with Crippen LogP contribution in [0.3, 0.4) is 0 Å². The first-order chi connectivity index (χ1) is 12.5. The molecule has 1 aromatic carbocycles. The third kappa shape index (κ3) is 3.31. The highest BCUT2D eigenvalue weighted by atomic mass is 15.3. The van der Waals surface area contributed by atoms with Gasteiger partial charge in [-0.15, -0.1) is 5.10 Å². The molecule has 4 rings (SSSR count). The summed E-state index contributed by atoms with van der Waals surface area (Å²) in [6.45, 7) is 10.1. The van der Waals surface area contributed by atoms with Crippen molar-refractivity contribution in [3.8, 4) is 0 Å². The lowest BCUT2D eigenvalue weighted by molar-refractivity contribution is 0.556. The maximum absolute atomic E-state index is 4.75. The van der Waals surface area contributed by atoms with Crippen molar-refractivity contribution in [2.45, 2.75) is 26.2 Å². The SMILES string of the molecule is CC(C)(C)c1ccc(N2CCN(c3cnc4ccccc4n3)CC2)nn1. The van der Waals surface area contributed by atoms with Crippen molar-refractivity contribution in [3.63, 3.8) is 0 Å². The summed E-state index contributed by atoms with van der Waals surface area (Å²) in [5.41, 5.74) is 2.92. The summed E-state index contributed by atoms with van der Waals surface area (Å²) in [6, 6.07) is 12.2. The van der Waals surface area contributed by atoms with Crippen LogP contribution in [0.2, 0.25) is 0 Å². The molecule has 0 unspecified atom stereocenters. The fourth-order valence-electron chi connectivity index (χ4n) is 3.16. The van der Waals surface area contributed by atoms with E-state index in [1.54, 1.807) is 0 Å². The van der Waals surface area contributed by atoms with Crippen LogP contribution in [0.1, 0.15) is 26.5 Å². The van der Waals surface area contributed by atoms with Gasteiger partial charge < -0.3 is 9.80 Å². The van der Waals surface area contributed by atoms with E-state index in [0.717, 1.165) is 54.5 Å². The fourth-order valence-corrected chi connectivity index (χ4v) is 3.16. The maximum Gasteiger partial charge on any atom is 0.151 e. The van der Waals surface area contributed by atoms with Crippen LogP contribution in [0.5, 0.6) is 0 Å². The first kappa shape index (κ1) is 16.7. The highest BCUT2D eigenvalue weighted by Gasteiger charge is 2.21. The monoisotopic (exact) mass is 348 g/mol. The van der Waals surface area contributed by atoms with E-state index < -0.39 is 0 Å². The molecule has 134 valence electrons. The molecule has 0 spiro atoms. The van der Waals surface area contributed by atoms with E-state index in [-0.39, 0.29) is 5.41 Å². The van der Waals surface area contributed by atoms with Gasteiger partial charge in [0.15, 0.2) is 5.82 Å². The van der Waals surface area contributed by atoms with Gasteiger partial charge in [-0.3, -0.25) is 4.98 Å². The molecule has 1 fully saturated rings. The molecule has 0 N–H and O–H groups in total. The molecule has 1 saturated heterocycles. The molecule has 0 amide bonds. The van der Waals surface area contributed by atoms with E-state index in [4.69, 9.17) is 4.98 Å². The van der Waals surface area contributed by atoms with Gasteiger partial charge in [0.05, 0.1) is 22.9 Å². The van der Waals surface area contributed by atoms with Gasteiger partial charge in [-0.1, -0.05) is 32.9 Å². The van der Waals surface area contributed by atoms with Crippen LogP contribution in [0.4, 0.5) is 11.6 Å². The Morgan fingerprint density at radius 2 is 1.42 bits per heavy atom. The minimum absolute atomic E-state index is 0.0268. The zero-order valence-corrected chi connectivity index (χ0v) is 15.6. The number of fused-ring (bicyclic) bond motifs is 1. The highest BCUT2D eigenvalue weighted by Crippen LogP contribution is 2.22. The summed E-state index contributed by atoms with van der Waals surface area (Å²) in [5.74, 6) is 1.89. The van der Waals surface area contributed by atoms with Crippen LogP contribution >= 0.6 is 0 Å². The first-order valence-electron chi connectivity index (χ1n) is 9.07. The standard InChI is InChI=1S/C20H24N6/c1-20(2,3)17-8-9-18(24-23-17)25-10-12-26(13-11-25)19-14-21-15-6-4-5-7-16(15)22-19/h4-9,14H,10-13H2,1-3H3. The fraction of sp³-hybridized carbons (Fsp3) is 0.400. The van der Waals surface area contributed by atoms with Crippen LogP contribution < -0.4 is 9.80 Å². The summed E-state index contributed by atoms with van der Waals surface area (Å²) >= 11 is 0. The van der Waals surface area contributed by atoms with Gasteiger partial charge in [-0.25, -0.2) is 4.98 Å². The summed E-state index contributed by atoms with van der Waals surface area (Å²) < 4.78 is 0. The molecule has 2 aromatic heterocycles. The Morgan fingerprint density at radius 3 is 2.04 bits per heavy atom. The molecule has 1 aliphatic rings. The molecule has 3 heterocycles. The minimum atomic E-state index is 0.0268. The van der Waals surface area contributed by atoms with E-state index >= 15 is 0 Å². The number of aromatic nitrogens is 4. The Bertz CT molecular complexity index is 892. The van der Waals surface area contributed by atoms with Crippen LogP contribution in [0.25, 0.3) is 11.0 Å². The molecule has 1 aliphatic heterocycles. The van der Waals surface area contributed by atoms with E-state index in [0.29, 0.717) is 0 Å². The van der Waals surface area contributed by atoms with E-state index in [9.17, 15) is 0 Å². The van der Waals surface area contributed by atoms with Gasteiger partial charge in [-0.05, 0) is 24.3 Å². The second kappa shape index (κ2) is 6.52. The molecule has 0 atom stereocenters. The molecule has 0 saturated carbocycles. The van der Waals surface area contributed by atoms with Gasteiger partial charge >= 0.3 is 0 Å². The Morgan fingerprint density at radius 1 is 0.769 bits per heavy atom. The van der Waals surface area contributed by atoms with Gasteiger partial charge in [0.2, 0.25) is 0 Å². The van der Waals surface area contributed by atoms with E-state index in [1.807, 2.05) is 30.5 Å². The lowest BCUT2D eigenvalue weighted by atomic mass is 9.92. The molecule has 0 radical (unpaired) electrons. The lowest BCUT2D eigenvalue weighted by Crippen LogP contribution is -2.47. The highest BCUT2D eigenvalue weighted by molar-refractivity contribution is 5.75. The van der Waals surface area contributed by atoms with Crippen LogP contribution in [0.15, 0.2) is 42.6 Å². The van der Waals surface area contributed by atoms with Gasteiger partial charge in [0.1, 0.15) is 5.82 Å². The molecule has 0 aliphatic carbocycles. The molecule has 0 bridgehead atoms. The van der Waals surface area contributed by atoms with Crippen LogP contribution in [-0.2, 0) is 5.41 Å².